The lowest BCUT2D eigenvalue weighted by Crippen LogP contribution is -2.48. The fraction of sp³-hybridized carbons (Fsp3) is 1.00. The summed E-state index contributed by atoms with van der Waals surface area (Å²) in [7, 11) is 1.33. The molecule has 4 unspecified atom stereocenters. The summed E-state index contributed by atoms with van der Waals surface area (Å²) in [6.45, 7) is 3.69. The Bertz CT molecular complexity index is 258. The lowest BCUT2D eigenvalue weighted by molar-refractivity contribution is -0.195. The SMILES string of the molecule is CCC1CCC(NC(CC)C(COC)C(F)(F)F)C1. The molecule has 0 amide bonds. The molecule has 0 bridgehead atoms. The highest BCUT2D eigenvalue weighted by Gasteiger charge is 2.44. The number of halogens is 3. The fourth-order valence-corrected chi connectivity index (χ4v) is 3.04. The van der Waals surface area contributed by atoms with Crippen molar-refractivity contribution >= 4 is 0 Å². The molecule has 1 fully saturated rings. The molecule has 0 aromatic carbocycles. The lowest BCUT2D eigenvalue weighted by Gasteiger charge is -2.31. The molecule has 1 rings (SSSR count). The van der Waals surface area contributed by atoms with Crippen molar-refractivity contribution in [2.24, 2.45) is 11.8 Å². The van der Waals surface area contributed by atoms with Gasteiger partial charge in [0.25, 0.3) is 0 Å². The van der Waals surface area contributed by atoms with E-state index in [9.17, 15) is 13.2 Å². The van der Waals surface area contributed by atoms with Crippen LogP contribution in [0.15, 0.2) is 0 Å². The Labute approximate surface area is 114 Å². The summed E-state index contributed by atoms with van der Waals surface area (Å²) in [5.74, 6) is -0.745. The number of methoxy groups -OCH3 is 1. The lowest BCUT2D eigenvalue weighted by atomic mass is 9.96. The van der Waals surface area contributed by atoms with Crippen LogP contribution in [-0.4, -0.2) is 32.0 Å². The van der Waals surface area contributed by atoms with E-state index < -0.39 is 18.1 Å². The number of ether oxygens (including phenoxy) is 1. The quantitative estimate of drug-likeness (QED) is 0.767. The van der Waals surface area contributed by atoms with Gasteiger partial charge in [0.1, 0.15) is 0 Å². The summed E-state index contributed by atoms with van der Waals surface area (Å²) < 4.78 is 43.9. The van der Waals surface area contributed by atoms with E-state index in [0.717, 1.165) is 25.7 Å². The van der Waals surface area contributed by atoms with Gasteiger partial charge in [0, 0.05) is 19.2 Å². The average molecular weight is 281 g/mol. The molecule has 0 saturated heterocycles. The molecule has 0 aromatic heterocycles. The minimum absolute atomic E-state index is 0.233. The first-order valence-electron chi connectivity index (χ1n) is 7.24. The van der Waals surface area contributed by atoms with Crippen molar-refractivity contribution in [3.63, 3.8) is 0 Å². The summed E-state index contributed by atoms with van der Waals surface area (Å²) in [6, 6.07) is -0.308. The Morgan fingerprint density at radius 1 is 1.26 bits per heavy atom. The summed E-state index contributed by atoms with van der Waals surface area (Å²) in [4.78, 5) is 0. The summed E-state index contributed by atoms with van der Waals surface area (Å²) in [6.07, 6.45) is 0.520. The molecule has 1 aliphatic carbocycles. The second-order valence-electron chi connectivity index (χ2n) is 5.57. The highest BCUT2D eigenvalue weighted by atomic mass is 19.4. The second-order valence-corrected chi connectivity index (χ2v) is 5.57. The van der Waals surface area contributed by atoms with Crippen molar-refractivity contribution < 1.29 is 17.9 Å². The number of rotatable bonds is 7. The maximum absolute atomic E-state index is 13.0. The highest BCUT2D eigenvalue weighted by Crippen LogP contribution is 2.33. The Morgan fingerprint density at radius 3 is 2.37 bits per heavy atom. The van der Waals surface area contributed by atoms with E-state index in [0.29, 0.717) is 12.3 Å². The van der Waals surface area contributed by atoms with Gasteiger partial charge >= 0.3 is 6.18 Å². The Kier molecular flexibility index (Phi) is 6.60. The third kappa shape index (κ3) is 4.95. The van der Waals surface area contributed by atoms with Crippen LogP contribution < -0.4 is 5.32 Å². The molecule has 0 radical (unpaired) electrons. The first-order chi connectivity index (χ1) is 8.92. The van der Waals surface area contributed by atoms with Gasteiger partial charge in [-0.15, -0.1) is 0 Å². The van der Waals surface area contributed by atoms with Gasteiger partial charge in [0.15, 0.2) is 0 Å². The minimum Gasteiger partial charge on any atom is -0.384 e. The summed E-state index contributed by atoms with van der Waals surface area (Å²) in [5, 5.41) is 3.22. The van der Waals surface area contributed by atoms with E-state index in [-0.39, 0.29) is 12.6 Å². The maximum Gasteiger partial charge on any atom is 0.395 e. The zero-order valence-electron chi connectivity index (χ0n) is 12.1. The van der Waals surface area contributed by atoms with Crippen molar-refractivity contribution in [1.82, 2.24) is 5.32 Å². The van der Waals surface area contributed by atoms with Gasteiger partial charge in [-0.05, 0) is 31.6 Å². The normalized spacial score (nSPS) is 27.5. The van der Waals surface area contributed by atoms with Crippen molar-refractivity contribution in [2.45, 2.75) is 64.2 Å². The molecule has 2 nitrogen and oxygen atoms in total. The molecule has 1 saturated carbocycles. The average Bonchev–Trinajstić information content (AvgIpc) is 2.80. The molecule has 0 aliphatic heterocycles. The van der Waals surface area contributed by atoms with E-state index in [1.807, 2.05) is 0 Å². The van der Waals surface area contributed by atoms with Gasteiger partial charge in [-0.2, -0.15) is 13.2 Å². The summed E-state index contributed by atoms with van der Waals surface area (Å²) in [5.41, 5.74) is 0. The van der Waals surface area contributed by atoms with Crippen LogP contribution >= 0.6 is 0 Å². The number of hydrogen-bond donors (Lipinski definition) is 1. The molecule has 5 heteroatoms. The predicted molar refractivity (Wildman–Crippen MR) is 70.1 cm³/mol. The van der Waals surface area contributed by atoms with Crippen molar-refractivity contribution in [3.8, 4) is 0 Å². The molecule has 1 aliphatic rings. The Balaban J connectivity index is 2.60. The standard InChI is InChI=1S/C14H26F3NO/c1-4-10-6-7-11(8-10)18-13(5-2)12(9-19-3)14(15,16)17/h10-13,18H,4-9H2,1-3H3. The first kappa shape index (κ1) is 16.8. The van der Waals surface area contributed by atoms with Crippen LogP contribution in [-0.2, 0) is 4.74 Å². The van der Waals surface area contributed by atoms with Crippen molar-refractivity contribution in [1.29, 1.82) is 0 Å². The molecular formula is C14H26F3NO. The van der Waals surface area contributed by atoms with Crippen LogP contribution in [0.3, 0.4) is 0 Å². The smallest absolute Gasteiger partial charge is 0.384 e. The topological polar surface area (TPSA) is 21.3 Å². The van der Waals surface area contributed by atoms with Crippen LogP contribution in [0, 0.1) is 11.8 Å². The van der Waals surface area contributed by atoms with E-state index in [4.69, 9.17) is 4.74 Å². The maximum atomic E-state index is 13.0. The third-order valence-corrected chi connectivity index (χ3v) is 4.26. The zero-order chi connectivity index (χ0) is 14.5. The van der Waals surface area contributed by atoms with E-state index in [1.165, 1.54) is 7.11 Å². The summed E-state index contributed by atoms with van der Waals surface area (Å²) >= 11 is 0. The van der Waals surface area contributed by atoms with E-state index >= 15 is 0 Å². The van der Waals surface area contributed by atoms with E-state index in [1.54, 1.807) is 6.92 Å². The monoisotopic (exact) mass is 281 g/mol. The van der Waals surface area contributed by atoms with Crippen LogP contribution in [0.1, 0.15) is 46.0 Å². The Morgan fingerprint density at radius 2 is 1.95 bits per heavy atom. The first-order valence-corrected chi connectivity index (χ1v) is 7.24. The van der Waals surface area contributed by atoms with Gasteiger partial charge in [0.2, 0.25) is 0 Å². The fourth-order valence-electron chi connectivity index (χ4n) is 3.04. The molecule has 0 aromatic rings. The molecule has 4 atom stereocenters. The second kappa shape index (κ2) is 7.48. The van der Waals surface area contributed by atoms with Gasteiger partial charge in [-0.25, -0.2) is 0 Å². The molecule has 1 N–H and O–H groups in total. The van der Waals surface area contributed by atoms with Gasteiger partial charge in [0.05, 0.1) is 12.5 Å². The van der Waals surface area contributed by atoms with Gasteiger partial charge < -0.3 is 10.1 Å². The number of alkyl halides is 3. The minimum atomic E-state index is -4.20. The van der Waals surface area contributed by atoms with E-state index in [2.05, 4.69) is 12.2 Å². The number of hydrogen-bond acceptors (Lipinski definition) is 2. The molecular weight excluding hydrogens is 255 g/mol. The molecule has 0 spiro atoms. The molecule has 114 valence electrons. The van der Waals surface area contributed by atoms with Gasteiger partial charge in [-0.1, -0.05) is 20.3 Å². The van der Waals surface area contributed by atoms with Crippen molar-refractivity contribution in [3.05, 3.63) is 0 Å². The van der Waals surface area contributed by atoms with Crippen LogP contribution in [0.2, 0.25) is 0 Å². The van der Waals surface area contributed by atoms with Crippen LogP contribution in [0.4, 0.5) is 13.2 Å². The van der Waals surface area contributed by atoms with Crippen LogP contribution in [0.5, 0.6) is 0 Å². The highest BCUT2D eigenvalue weighted by molar-refractivity contribution is 4.87. The van der Waals surface area contributed by atoms with Gasteiger partial charge in [-0.3, -0.25) is 0 Å². The molecule has 19 heavy (non-hydrogen) atoms. The third-order valence-electron chi connectivity index (χ3n) is 4.26. The van der Waals surface area contributed by atoms with Crippen LogP contribution in [0.25, 0.3) is 0 Å². The van der Waals surface area contributed by atoms with Crippen molar-refractivity contribution in [2.75, 3.05) is 13.7 Å². The number of nitrogens with one attached hydrogen (secondary N) is 1. The predicted octanol–water partition coefficient (Wildman–Crippen LogP) is 3.76. The Hall–Kier alpha value is -0.290. The largest absolute Gasteiger partial charge is 0.395 e. The zero-order valence-corrected chi connectivity index (χ0v) is 12.1. The molecule has 0 heterocycles.